The second-order valence-corrected chi connectivity index (χ2v) is 10.9. The molecule has 0 amide bonds. The van der Waals surface area contributed by atoms with Crippen molar-refractivity contribution < 1.29 is 39.5 Å². The summed E-state index contributed by atoms with van der Waals surface area (Å²) in [6.07, 6.45) is 24.4. The standard InChI is InChI=1S/C32H60O8/c33-27-21-17-13-9-5-1-3-7-11-15-19-23-29(35)39-31(37)25-26-32(38)40-30(36)24-20-16-12-8-4-2-6-10-14-18-22-28-34/h25-26,29-30,33-36H,1-24,27-28H2/b26-25-. The van der Waals surface area contributed by atoms with E-state index in [1.807, 2.05) is 0 Å². The maximum atomic E-state index is 11.8. The molecule has 0 radical (unpaired) electrons. The molecule has 0 bridgehead atoms. The van der Waals surface area contributed by atoms with Gasteiger partial charge in [-0.3, -0.25) is 0 Å². The van der Waals surface area contributed by atoms with Gasteiger partial charge in [-0.15, -0.1) is 0 Å². The van der Waals surface area contributed by atoms with Crippen molar-refractivity contribution in [3.05, 3.63) is 12.2 Å². The first kappa shape index (κ1) is 38.5. The van der Waals surface area contributed by atoms with Gasteiger partial charge in [-0.05, 0) is 25.7 Å². The average Bonchev–Trinajstić information content (AvgIpc) is 2.93. The van der Waals surface area contributed by atoms with Crippen LogP contribution in [-0.4, -0.2) is 58.2 Å². The fourth-order valence-electron chi connectivity index (χ4n) is 4.64. The molecule has 0 aliphatic carbocycles. The molecule has 2 atom stereocenters. The normalized spacial score (nSPS) is 13.0. The second-order valence-electron chi connectivity index (χ2n) is 10.9. The Morgan fingerprint density at radius 2 is 0.650 bits per heavy atom. The average molecular weight is 573 g/mol. The lowest BCUT2D eigenvalue weighted by Gasteiger charge is -2.11. The number of ether oxygens (including phenoxy) is 2. The Bertz CT molecular complexity index is 545. The van der Waals surface area contributed by atoms with Crippen molar-refractivity contribution in [1.29, 1.82) is 0 Å². The van der Waals surface area contributed by atoms with Crippen LogP contribution in [0.2, 0.25) is 0 Å². The predicted octanol–water partition coefficient (Wildman–Crippen LogP) is 6.61. The molecule has 0 aliphatic heterocycles. The van der Waals surface area contributed by atoms with E-state index in [0.29, 0.717) is 26.1 Å². The zero-order valence-corrected chi connectivity index (χ0v) is 25.1. The highest BCUT2D eigenvalue weighted by Gasteiger charge is 2.11. The minimum absolute atomic E-state index is 0.292. The summed E-state index contributed by atoms with van der Waals surface area (Å²) in [5, 5.41) is 37.3. The van der Waals surface area contributed by atoms with Gasteiger partial charge in [0, 0.05) is 38.2 Å². The first-order valence-corrected chi connectivity index (χ1v) is 16.2. The van der Waals surface area contributed by atoms with Gasteiger partial charge < -0.3 is 29.9 Å². The zero-order valence-electron chi connectivity index (χ0n) is 25.1. The lowest BCUT2D eigenvalue weighted by atomic mass is 10.1. The molecular formula is C32H60O8. The zero-order chi connectivity index (χ0) is 29.5. The number of aliphatic hydroxyl groups is 4. The Labute approximate surface area is 243 Å². The summed E-state index contributed by atoms with van der Waals surface area (Å²) in [5.74, 6) is -1.63. The van der Waals surface area contributed by atoms with Gasteiger partial charge in [-0.1, -0.05) is 116 Å². The third kappa shape index (κ3) is 29.5. The van der Waals surface area contributed by atoms with E-state index in [1.54, 1.807) is 0 Å². The highest BCUT2D eigenvalue weighted by atomic mass is 16.6. The van der Waals surface area contributed by atoms with Gasteiger partial charge >= 0.3 is 11.9 Å². The molecule has 0 aliphatic rings. The summed E-state index contributed by atoms with van der Waals surface area (Å²) < 4.78 is 9.78. The summed E-state index contributed by atoms with van der Waals surface area (Å²) in [5.41, 5.74) is 0. The maximum absolute atomic E-state index is 11.8. The Morgan fingerprint density at radius 3 is 0.900 bits per heavy atom. The predicted molar refractivity (Wildman–Crippen MR) is 158 cm³/mol. The minimum Gasteiger partial charge on any atom is -0.433 e. The molecule has 0 saturated carbocycles. The third-order valence-electron chi connectivity index (χ3n) is 7.08. The minimum atomic E-state index is -1.20. The van der Waals surface area contributed by atoms with Gasteiger partial charge in [0.1, 0.15) is 0 Å². The number of unbranched alkanes of at least 4 members (excludes halogenated alkanes) is 20. The van der Waals surface area contributed by atoms with Crippen LogP contribution in [0.3, 0.4) is 0 Å². The lowest BCUT2D eigenvalue weighted by Crippen LogP contribution is -2.18. The van der Waals surface area contributed by atoms with E-state index in [2.05, 4.69) is 0 Å². The molecule has 0 heterocycles. The van der Waals surface area contributed by atoms with Crippen molar-refractivity contribution in [1.82, 2.24) is 0 Å². The smallest absolute Gasteiger partial charge is 0.333 e. The molecule has 0 rings (SSSR count). The summed E-state index contributed by atoms with van der Waals surface area (Å²) >= 11 is 0. The Hall–Kier alpha value is -1.48. The Kier molecular flexibility index (Phi) is 29.4. The number of rotatable bonds is 30. The quantitative estimate of drug-likeness (QED) is 0.0327. The van der Waals surface area contributed by atoms with Crippen molar-refractivity contribution in [2.45, 2.75) is 167 Å². The molecule has 236 valence electrons. The van der Waals surface area contributed by atoms with Crippen molar-refractivity contribution in [3.63, 3.8) is 0 Å². The molecule has 0 aromatic carbocycles. The molecule has 2 unspecified atom stereocenters. The first-order valence-electron chi connectivity index (χ1n) is 16.2. The summed E-state index contributed by atoms with van der Waals surface area (Å²) in [6, 6.07) is 0. The molecule has 40 heavy (non-hydrogen) atoms. The lowest BCUT2D eigenvalue weighted by molar-refractivity contribution is -0.165. The molecule has 0 saturated heterocycles. The fourth-order valence-corrected chi connectivity index (χ4v) is 4.64. The van der Waals surface area contributed by atoms with Crippen LogP contribution >= 0.6 is 0 Å². The summed E-state index contributed by atoms with van der Waals surface area (Å²) in [7, 11) is 0. The van der Waals surface area contributed by atoms with Crippen molar-refractivity contribution in [2.75, 3.05) is 13.2 Å². The van der Waals surface area contributed by atoms with Crippen LogP contribution < -0.4 is 0 Å². The number of esters is 2. The van der Waals surface area contributed by atoms with Gasteiger partial charge in [0.05, 0.1) is 0 Å². The van der Waals surface area contributed by atoms with Crippen LogP contribution in [-0.2, 0) is 19.1 Å². The third-order valence-corrected chi connectivity index (χ3v) is 7.08. The number of carbonyl (C=O) groups is 2. The molecule has 4 N–H and O–H groups in total. The molecule has 8 heteroatoms. The van der Waals surface area contributed by atoms with E-state index in [1.165, 1.54) is 64.2 Å². The second kappa shape index (κ2) is 30.5. The van der Waals surface area contributed by atoms with Crippen LogP contribution in [0.1, 0.15) is 154 Å². The van der Waals surface area contributed by atoms with Crippen LogP contribution in [0, 0.1) is 0 Å². The first-order chi connectivity index (χ1) is 19.5. The maximum Gasteiger partial charge on any atom is 0.333 e. The molecule has 8 nitrogen and oxygen atoms in total. The molecule has 0 aromatic heterocycles. The van der Waals surface area contributed by atoms with E-state index in [4.69, 9.17) is 19.7 Å². The fraction of sp³-hybridized carbons (Fsp3) is 0.875. The van der Waals surface area contributed by atoms with E-state index in [9.17, 15) is 19.8 Å². The highest BCUT2D eigenvalue weighted by molar-refractivity contribution is 5.91. The van der Waals surface area contributed by atoms with Crippen molar-refractivity contribution in [2.24, 2.45) is 0 Å². The SMILES string of the molecule is O=C(/C=C\C(=O)OC(O)CCCCCCCCCCCCCO)OC(O)CCCCCCCCCCCCCO. The van der Waals surface area contributed by atoms with E-state index in [0.717, 1.165) is 89.2 Å². The van der Waals surface area contributed by atoms with Crippen LogP contribution in [0.25, 0.3) is 0 Å². The van der Waals surface area contributed by atoms with Gasteiger partial charge in [0.25, 0.3) is 0 Å². The molecule has 0 aromatic rings. The monoisotopic (exact) mass is 572 g/mol. The molecular weight excluding hydrogens is 512 g/mol. The van der Waals surface area contributed by atoms with Crippen LogP contribution in [0.4, 0.5) is 0 Å². The Morgan fingerprint density at radius 1 is 0.425 bits per heavy atom. The van der Waals surface area contributed by atoms with Crippen molar-refractivity contribution >= 4 is 11.9 Å². The van der Waals surface area contributed by atoms with Gasteiger partial charge in [0.15, 0.2) is 0 Å². The molecule has 0 fully saturated rings. The van der Waals surface area contributed by atoms with E-state index >= 15 is 0 Å². The van der Waals surface area contributed by atoms with Crippen LogP contribution in [0.5, 0.6) is 0 Å². The van der Waals surface area contributed by atoms with Crippen molar-refractivity contribution in [3.8, 4) is 0 Å². The topological polar surface area (TPSA) is 134 Å². The van der Waals surface area contributed by atoms with E-state index < -0.39 is 24.5 Å². The summed E-state index contributed by atoms with van der Waals surface area (Å²) in [6.45, 7) is 0.584. The number of hydrogen-bond donors (Lipinski definition) is 4. The summed E-state index contributed by atoms with van der Waals surface area (Å²) in [4.78, 5) is 23.6. The number of carbonyl (C=O) groups excluding carboxylic acids is 2. The van der Waals surface area contributed by atoms with Crippen LogP contribution in [0.15, 0.2) is 12.2 Å². The van der Waals surface area contributed by atoms with Gasteiger partial charge in [-0.25, -0.2) is 9.59 Å². The largest absolute Gasteiger partial charge is 0.433 e. The number of hydrogen-bond acceptors (Lipinski definition) is 8. The molecule has 0 spiro atoms. The van der Waals surface area contributed by atoms with Gasteiger partial charge in [0.2, 0.25) is 12.6 Å². The van der Waals surface area contributed by atoms with Gasteiger partial charge in [-0.2, -0.15) is 0 Å². The van der Waals surface area contributed by atoms with E-state index in [-0.39, 0.29) is 0 Å². The Balaban J connectivity index is 3.62. The number of aliphatic hydroxyl groups excluding tert-OH is 4. The highest BCUT2D eigenvalue weighted by Crippen LogP contribution is 2.14.